The third-order valence-electron chi connectivity index (χ3n) is 5.18. The van der Waals surface area contributed by atoms with E-state index in [0.717, 1.165) is 29.9 Å². The van der Waals surface area contributed by atoms with E-state index in [0.29, 0.717) is 23.0 Å². The number of carbonyl (C=O) groups is 2. The van der Waals surface area contributed by atoms with E-state index in [1.54, 1.807) is 6.20 Å². The number of aromatic nitrogens is 1. The van der Waals surface area contributed by atoms with Gasteiger partial charge in [0.1, 0.15) is 0 Å². The third-order valence-corrected chi connectivity index (χ3v) is 7.29. The molecule has 2 aliphatic carbocycles. The number of hydrogen-bond acceptors (Lipinski definition) is 5. The lowest BCUT2D eigenvalue weighted by molar-refractivity contribution is -0.136. The van der Waals surface area contributed by atoms with Crippen LogP contribution in [0.3, 0.4) is 0 Å². The fourth-order valence-corrected chi connectivity index (χ4v) is 5.48. The molecule has 2 amide bonds. The van der Waals surface area contributed by atoms with Gasteiger partial charge in [-0.05, 0) is 32.1 Å². The van der Waals surface area contributed by atoms with Crippen molar-refractivity contribution in [3.05, 3.63) is 6.20 Å². The number of thioether (sulfide) groups is 1. The molecule has 0 aromatic carbocycles. The van der Waals surface area contributed by atoms with Gasteiger partial charge in [-0.25, -0.2) is 9.78 Å². The number of carboxylic acids is 1. The van der Waals surface area contributed by atoms with Gasteiger partial charge >= 0.3 is 12.0 Å². The zero-order valence-electron chi connectivity index (χ0n) is 15.0. The van der Waals surface area contributed by atoms with E-state index >= 15 is 0 Å². The molecular weight excluding hydrogens is 370 g/mol. The number of nitrogens with zero attached hydrogens (tertiary/aromatic N) is 2. The summed E-state index contributed by atoms with van der Waals surface area (Å²) < 4.78 is 0.936. The first-order valence-electron chi connectivity index (χ1n) is 9.53. The molecule has 0 spiro atoms. The van der Waals surface area contributed by atoms with E-state index in [1.165, 1.54) is 55.2 Å². The van der Waals surface area contributed by atoms with E-state index in [2.05, 4.69) is 15.2 Å². The smallest absolute Gasteiger partial charge is 0.324 e. The van der Waals surface area contributed by atoms with Crippen molar-refractivity contribution < 1.29 is 14.7 Å². The third kappa shape index (κ3) is 5.36. The Labute approximate surface area is 162 Å². The second kappa shape index (κ2) is 9.60. The molecule has 2 fully saturated rings. The van der Waals surface area contributed by atoms with E-state index in [-0.39, 0.29) is 12.5 Å². The lowest BCUT2D eigenvalue weighted by atomic mass is 9.89. The SMILES string of the molecule is O=C(O)CCSc1cnc(NC(=O)N(C2CCCCCC2)C2CCC2)s1. The fraction of sp³-hybridized carbons (Fsp3) is 0.722. The standard InChI is InChI=1S/C18H27N3O3S2/c22-15(23)10-11-25-16-12-19-17(26-16)20-18(24)21(14-8-5-9-14)13-6-3-1-2-4-7-13/h12-14H,1-11H2,(H,22,23)(H,19,20,24). The molecule has 2 saturated carbocycles. The highest BCUT2D eigenvalue weighted by molar-refractivity contribution is 8.01. The van der Waals surface area contributed by atoms with Gasteiger partial charge in [0.2, 0.25) is 0 Å². The molecule has 144 valence electrons. The predicted molar refractivity (Wildman–Crippen MR) is 105 cm³/mol. The van der Waals surface area contributed by atoms with Crippen molar-refractivity contribution in [2.24, 2.45) is 0 Å². The van der Waals surface area contributed by atoms with Gasteiger partial charge in [-0.1, -0.05) is 37.0 Å². The number of rotatable bonds is 7. The van der Waals surface area contributed by atoms with Gasteiger partial charge in [0.05, 0.1) is 16.8 Å². The van der Waals surface area contributed by atoms with Crippen molar-refractivity contribution in [3.63, 3.8) is 0 Å². The quantitative estimate of drug-likeness (QED) is 0.509. The summed E-state index contributed by atoms with van der Waals surface area (Å²) in [5.74, 6) is -0.281. The average Bonchev–Trinajstić information content (AvgIpc) is 2.82. The first-order valence-corrected chi connectivity index (χ1v) is 11.3. The highest BCUT2D eigenvalue weighted by Gasteiger charge is 2.34. The van der Waals surface area contributed by atoms with Crippen LogP contribution in [0.4, 0.5) is 9.93 Å². The Kier molecular flexibility index (Phi) is 7.19. The van der Waals surface area contributed by atoms with Crippen LogP contribution in [0.2, 0.25) is 0 Å². The number of nitrogens with one attached hydrogen (secondary N) is 1. The molecule has 0 aliphatic heterocycles. The highest BCUT2D eigenvalue weighted by Crippen LogP contribution is 2.33. The van der Waals surface area contributed by atoms with E-state index in [1.807, 2.05) is 0 Å². The second-order valence-corrected chi connectivity index (χ2v) is 9.47. The van der Waals surface area contributed by atoms with Crippen molar-refractivity contribution in [3.8, 4) is 0 Å². The van der Waals surface area contributed by atoms with E-state index in [4.69, 9.17) is 5.11 Å². The van der Waals surface area contributed by atoms with Gasteiger partial charge in [-0.2, -0.15) is 0 Å². The Morgan fingerprint density at radius 3 is 2.38 bits per heavy atom. The molecule has 1 aromatic rings. The van der Waals surface area contributed by atoms with Crippen LogP contribution in [-0.2, 0) is 4.79 Å². The molecule has 0 unspecified atom stereocenters. The van der Waals surface area contributed by atoms with Crippen molar-refractivity contribution >= 4 is 40.2 Å². The Bertz CT molecular complexity index is 611. The first-order chi connectivity index (χ1) is 12.6. The van der Waals surface area contributed by atoms with Crippen LogP contribution in [0.15, 0.2) is 10.4 Å². The molecule has 0 saturated heterocycles. The summed E-state index contributed by atoms with van der Waals surface area (Å²) in [5, 5.41) is 12.3. The summed E-state index contributed by atoms with van der Waals surface area (Å²) >= 11 is 2.89. The summed E-state index contributed by atoms with van der Waals surface area (Å²) in [6, 6.07) is 0.715. The molecule has 0 radical (unpaired) electrons. The monoisotopic (exact) mass is 397 g/mol. The molecule has 2 aliphatic rings. The number of thiazole rings is 1. The van der Waals surface area contributed by atoms with E-state index < -0.39 is 5.97 Å². The zero-order valence-corrected chi connectivity index (χ0v) is 16.6. The van der Waals surface area contributed by atoms with Crippen molar-refractivity contribution in [2.45, 2.75) is 80.5 Å². The Morgan fingerprint density at radius 2 is 1.81 bits per heavy atom. The molecule has 2 N–H and O–H groups in total. The van der Waals surface area contributed by atoms with Gasteiger partial charge in [-0.15, -0.1) is 11.8 Å². The second-order valence-electron chi connectivity index (χ2n) is 7.04. The molecule has 1 heterocycles. The van der Waals surface area contributed by atoms with Gasteiger partial charge in [-0.3, -0.25) is 10.1 Å². The molecule has 3 rings (SSSR count). The zero-order chi connectivity index (χ0) is 18.4. The van der Waals surface area contributed by atoms with Gasteiger partial charge in [0.25, 0.3) is 0 Å². The maximum absolute atomic E-state index is 13.0. The van der Waals surface area contributed by atoms with E-state index in [9.17, 15) is 9.59 Å². The van der Waals surface area contributed by atoms with Crippen molar-refractivity contribution in [1.82, 2.24) is 9.88 Å². The molecule has 26 heavy (non-hydrogen) atoms. The number of carbonyl (C=O) groups excluding carboxylic acids is 1. The molecule has 0 bridgehead atoms. The number of carboxylic acid groups (broad SMARTS) is 1. The van der Waals surface area contributed by atoms with Gasteiger partial charge in [0, 0.05) is 17.8 Å². The highest BCUT2D eigenvalue weighted by atomic mass is 32.2. The lowest BCUT2D eigenvalue weighted by Gasteiger charge is -2.42. The van der Waals surface area contributed by atoms with Crippen LogP contribution in [0, 0.1) is 0 Å². The summed E-state index contributed by atoms with van der Waals surface area (Å²) in [4.78, 5) is 30.0. The van der Waals surface area contributed by atoms with Crippen molar-refractivity contribution in [1.29, 1.82) is 0 Å². The van der Waals surface area contributed by atoms with Gasteiger partial charge < -0.3 is 10.0 Å². The summed E-state index contributed by atoms with van der Waals surface area (Å²) in [6.07, 6.45) is 12.5. The molecule has 8 heteroatoms. The largest absolute Gasteiger partial charge is 0.481 e. The Balaban J connectivity index is 1.58. The molecule has 0 atom stereocenters. The first kappa shape index (κ1) is 19.5. The van der Waals surface area contributed by atoms with Crippen LogP contribution in [0.1, 0.15) is 64.2 Å². The minimum Gasteiger partial charge on any atom is -0.481 e. The minimum absolute atomic E-state index is 0.0157. The number of aliphatic carboxylic acids is 1. The van der Waals surface area contributed by atoms with Crippen LogP contribution < -0.4 is 5.32 Å². The number of anilines is 1. The Morgan fingerprint density at radius 1 is 1.15 bits per heavy atom. The molecule has 6 nitrogen and oxygen atoms in total. The number of amides is 2. The molecule has 1 aromatic heterocycles. The maximum Gasteiger partial charge on any atom is 0.324 e. The fourth-order valence-electron chi connectivity index (χ4n) is 3.61. The minimum atomic E-state index is -0.796. The lowest BCUT2D eigenvalue weighted by Crippen LogP contribution is -2.51. The summed E-state index contributed by atoms with van der Waals surface area (Å²) in [7, 11) is 0. The van der Waals surface area contributed by atoms with Crippen LogP contribution in [0.5, 0.6) is 0 Å². The summed E-state index contributed by atoms with van der Waals surface area (Å²) in [6.45, 7) is 0. The number of hydrogen-bond donors (Lipinski definition) is 2. The van der Waals surface area contributed by atoms with Crippen LogP contribution in [0.25, 0.3) is 0 Å². The normalized spacial score (nSPS) is 18.8. The van der Waals surface area contributed by atoms with Gasteiger partial charge in [0.15, 0.2) is 5.13 Å². The number of urea groups is 1. The topological polar surface area (TPSA) is 82.5 Å². The van der Waals surface area contributed by atoms with Crippen molar-refractivity contribution in [2.75, 3.05) is 11.1 Å². The Hall–Kier alpha value is -1.28. The van der Waals surface area contributed by atoms with Crippen LogP contribution >= 0.6 is 23.1 Å². The predicted octanol–water partition coefficient (Wildman–Crippen LogP) is 4.82. The maximum atomic E-state index is 13.0. The average molecular weight is 398 g/mol. The van der Waals surface area contributed by atoms with Crippen LogP contribution in [-0.4, -0.2) is 44.8 Å². The summed E-state index contributed by atoms with van der Waals surface area (Å²) in [5.41, 5.74) is 0. The molecular formula is C18H27N3O3S2.